The molecule has 0 aromatic heterocycles. The molecule has 48 valence electrons. The van der Waals surface area contributed by atoms with E-state index in [2.05, 4.69) is 0 Å². The molecule has 0 nitrogen and oxygen atoms in total. The summed E-state index contributed by atoms with van der Waals surface area (Å²) in [6.45, 7) is 3.61. The van der Waals surface area contributed by atoms with Gasteiger partial charge in [-0.3, -0.25) is 0 Å². The lowest BCUT2D eigenvalue weighted by Crippen LogP contribution is -1.86. The number of halogens is 1. The molecule has 0 amide bonds. The van der Waals surface area contributed by atoms with E-state index in [1.54, 1.807) is 6.92 Å². The maximum atomic E-state index is 12.0. The van der Waals surface area contributed by atoms with Crippen molar-refractivity contribution < 1.29 is 4.39 Å². The Balaban J connectivity index is 3.03. The topological polar surface area (TPSA) is 0 Å². The quantitative estimate of drug-likeness (QED) is 0.497. The number of hydrogen-bond acceptors (Lipinski definition) is 0. The number of allylic oxidation sites excluding steroid dienone is 2. The molecule has 1 unspecified atom stereocenters. The Morgan fingerprint density at radius 1 is 1.50 bits per heavy atom. The van der Waals surface area contributed by atoms with Gasteiger partial charge in [0, 0.05) is 0 Å². The van der Waals surface area contributed by atoms with E-state index in [-0.39, 0.29) is 0 Å². The van der Waals surface area contributed by atoms with Gasteiger partial charge in [0.25, 0.3) is 0 Å². The molecule has 0 rings (SSSR count). The fourth-order valence-electron chi connectivity index (χ4n) is 0.450. The smallest absolute Gasteiger partial charge is 0.101 e. The summed E-state index contributed by atoms with van der Waals surface area (Å²) < 4.78 is 12.0. The second kappa shape index (κ2) is 4.82. The molecule has 0 aliphatic rings. The number of alkyl halides is 1. The molecule has 1 heteroatoms. The maximum Gasteiger partial charge on any atom is 0.101 e. The van der Waals surface area contributed by atoms with Crippen LogP contribution in [0, 0.1) is 0 Å². The van der Waals surface area contributed by atoms with Crippen LogP contribution in [0.3, 0.4) is 0 Å². The molecule has 1 atom stereocenters. The zero-order valence-corrected chi connectivity index (χ0v) is 5.52. The normalized spacial score (nSPS) is 14.9. The third kappa shape index (κ3) is 5.67. The largest absolute Gasteiger partial charge is 0.247 e. The van der Waals surface area contributed by atoms with Crippen molar-refractivity contribution in [3.05, 3.63) is 12.2 Å². The molecule has 0 radical (unpaired) electrons. The SMILES string of the molecule is CC/C=C\CC(C)F. The van der Waals surface area contributed by atoms with E-state index < -0.39 is 6.17 Å². The molecule has 0 saturated heterocycles. The zero-order chi connectivity index (χ0) is 6.41. The first-order valence-corrected chi connectivity index (χ1v) is 3.06. The first-order chi connectivity index (χ1) is 3.77. The molecule has 8 heavy (non-hydrogen) atoms. The predicted molar refractivity (Wildman–Crippen MR) is 34.6 cm³/mol. The molecule has 0 N–H and O–H groups in total. The Labute approximate surface area is 50.4 Å². The highest BCUT2D eigenvalue weighted by molar-refractivity contribution is 4.81. The summed E-state index contributed by atoms with van der Waals surface area (Å²) in [4.78, 5) is 0. The average molecular weight is 116 g/mol. The lowest BCUT2D eigenvalue weighted by atomic mass is 10.3. The van der Waals surface area contributed by atoms with Crippen molar-refractivity contribution in [1.82, 2.24) is 0 Å². The molecule has 0 fully saturated rings. The highest BCUT2D eigenvalue weighted by atomic mass is 19.1. The van der Waals surface area contributed by atoms with E-state index in [4.69, 9.17) is 0 Å². The average Bonchev–Trinajstić information content (AvgIpc) is 1.66. The van der Waals surface area contributed by atoms with Crippen molar-refractivity contribution in [2.24, 2.45) is 0 Å². The van der Waals surface area contributed by atoms with Gasteiger partial charge >= 0.3 is 0 Å². The van der Waals surface area contributed by atoms with Crippen molar-refractivity contribution in [3.8, 4) is 0 Å². The second-order valence-corrected chi connectivity index (χ2v) is 1.90. The Kier molecular flexibility index (Phi) is 4.62. The van der Waals surface area contributed by atoms with Crippen LogP contribution in [0.5, 0.6) is 0 Å². The van der Waals surface area contributed by atoms with Crippen LogP contribution in [0.15, 0.2) is 12.2 Å². The standard InChI is InChI=1S/C7H13F/c1-3-4-5-6-7(2)8/h4-5,7H,3,6H2,1-2H3/b5-4-. The lowest BCUT2D eigenvalue weighted by Gasteiger charge is -1.90. The van der Waals surface area contributed by atoms with E-state index in [9.17, 15) is 4.39 Å². The van der Waals surface area contributed by atoms with Crippen molar-refractivity contribution >= 4 is 0 Å². The molecular formula is C7H13F. The van der Waals surface area contributed by atoms with Gasteiger partial charge in [0.05, 0.1) is 0 Å². The van der Waals surface area contributed by atoms with Crippen molar-refractivity contribution in [2.75, 3.05) is 0 Å². The highest BCUT2D eigenvalue weighted by Gasteiger charge is 1.89. The Morgan fingerprint density at radius 2 is 2.12 bits per heavy atom. The van der Waals surface area contributed by atoms with Crippen molar-refractivity contribution in [2.45, 2.75) is 32.9 Å². The molecule has 0 aliphatic carbocycles. The van der Waals surface area contributed by atoms with Crippen LogP contribution >= 0.6 is 0 Å². The summed E-state index contributed by atoms with van der Waals surface area (Å²) in [5, 5.41) is 0. The third-order valence-corrected chi connectivity index (χ3v) is 0.863. The minimum Gasteiger partial charge on any atom is -0.247 e. The van der Waals surface area contributed by atoms with Gasteiger partial charge in [-0.25, -0.2) is 4.39 Å². The van der Waals surface area contributed by atoms with Gasteiger partial charge in [-0.05, 0) is 19.8 Å². The zero-order valence-electron chi connectivity index (χ0n) is 5.52. The summed E-state index contributed by atoms with van der Waals surface area (Å²) in [5.74, 6) is 0. The molecular weight excluding hydrogens is 103 g/mol. The van der Waals surface area contributed by atoms with Crippen molar-refractivity contribution in [1.29, 1.82) is 0 Å². The van der Waals surface area contributed by atoms with Crippen molar-refractivity contribution in [3.63, 3.8) is 0 Å². The number of rotatable bonds is 3. The van der Waals surface area contributed by atoms with Crippen LogP contribution < -0.4 is 0 Å². The van der Waals surface area contributed by atoms with E-state index in [1.807, 2.05) is 19.1 Å². The highest BCUT2D eigenvalue weighted by Crippen LogP contribution is 1.96. The van der Waals surface area contributed by atoms with E-state index in [0.717, 1.165) is 6.42 Å². The monoisotopic (exact) mass is 116 g/mol. The molecule has 0 spiro atoms. The van der Waals surface area contributed by atoms with E-state index in [0.29, 0.717) is 6.42 Å². The molecule has 0 heterocycles. The summed E-state index contributed by atoms with van der Waals surface area (Å²) >= 11 is 0. The minimum absolute atomic E-state index is 0.563. The first-order valence-electron chi connectivity index (χ1n) is 3.06. The summed E-state index contributed by atoms with van der Waals surface area (Å²) in [5.41, 5.74) is 0. The minimum atomic E-state index is -0.683. The van der Waals surface area contributed by atoms with E-state index in [1.165, 1.54) is 0 Å². The number of hydrogen-bond donors (Lipinski definition) is 0. The van der Waals surface area contributed by atoms with Crippen LogP contribution in [0.4, 0.5) is 4.39 Å². The maximum absolute atomic E-state index is 12.0. The van der Waals surface area contributed by atoms with Crippen LogP contribution in [-0.4, -0.2) is 6.17 Å². The van der Waals surface area contributed by atoms with Gasteiger partial charge in [-0.15, -0.1) is 0 Å². The molecule has 0 aliphatic heterocycles. The molecule has 0 bridgehead atoms. The van der Waals surface area contributed by atoms with Gasteiger partial charge in [-0.2, -0.15) is 0 Å². The van der Waals surface area contributed by atoms with Gasteiger partial charge in [0.2, 0.25) is 0 Å². The summed E-state index contributed by atoms with van der Waals surface area (Å²) in [7, 11) is 0. The third-order valence-electron chi connectivity index (χ3n) is 0.863. The van der Waals surface area contributed by atoms with Crippen LogP contribution in [0.25, 0.3) is 0 Å². The molecule has 0 aromatic rings. The summed E-state index contributed by atoms with van der Waals surface area (Å²) in [6, 6.07) is 0. The lowest BCUT2D eigenvalue weighted by molar-refractivity contribution is 0.365. The second-order valence-electron chi connectivity index (χ2n) is 1.90. The van der Waals surface area contributed by atoms with Crippen LogP contribution in [0.2, 0.25) is 0 Å². The Bertz CT molecular complexity index is 64.8. The summed E-state index contributed by atoms with van der Waals surface area (Å²) in [6.07, 6.45) is 4.75. The van der Waals surface area contributed by atoms with Gasteiger partial charge in [-0.1, -0.05) is 19.1 Å². The predicted octanol–water partition coefficient (Wildman–Crippen LogP) is 2.70. The first kappa shape index (κ1) is 7.67. The van der Waals surface area contributed by atoms with Crippen LogP contribution in [0.1, 0.15) is 26.7 Å². The Hall–Kier alpha value is -0.330. The van der Waals surface area contributed by atoms with Crippen LogP contribution in [-0.2, 0) is 0 Å². The fraction of sp³-hybridized carbons (Fsp3) is 0.714. The van der Waals surface area contributed by atoms with Gasteiger partial charge in [0.15, 0.2) is 0 Å². The van der Waals surface area contributed by atoms with E-state index >= 15 is 0 Å². The van der Waals surface area contributed by atoms with Gasteiger partial charge < -0.3 is 0 Å². The Morgan fingerprint density at radius 3 is 2.50 bits per heavy atom. The molecule has 0 saturated carbocycles. The fourth-order valence-corrected chi connectivity index (χ4v) is 0.450. The van der Waals surface area contributed by atoms with Gasteiger partial charge in [0.1, 0.15) is 6.17 Å². The molecule has 0 aromatic carbocycles.